The van der Waals surface area contributed by atoms with Crippen LogP contribution in [0.2, 0.25) is 0 Å². The topological polar surface area (TPSA) is 104 Å². The molecule has 30 heavy (non-hydrogen) atoms. The molecule has 3 aromatic rings. The Morgan fingerprint density at radius 1 is 1.10 bits per heavy atom. The molecule has 0 aliphatic rings. The van der Waals surface area contributed by atoms with Gasteiger partial charge in [0.15, 0.2) is 0 Å². The third-order valence-corrected chi connectivity index (χ3v) is 5.44. The summed E-state index contributed by atoms with van der Waals surface area (Å²) >= 11 is 1.52. The molecule has 2 N–H and O–H groups in total. The van der Waals surface area contributed by atoms with Crippen LogP contribution in [0.4, 0.5) is 5.69 Å². The van der Waals surface area contributed by atoms with Crippen molar-refractivity contribution in [2.24, 2.45) is 0 Å². The number of benzene rings is 2. The lowest BCUT2D eigenvalue weighted by molar-refractivity contribution is -0.133. The van der Waals surface area contributed by atoms with Crippen molar-refractivity contribution >= 4 is 40.2 Å². The molecule has 9 heteroatoms. The van der Waals surface area contributed by atoms with Gasteiger partial charge in [-0.05, 0) is 30.5 Å². The molecule has 0 aliphatic heterocycles. The maximum Gasteiger partial charge on any atom is 0.328 e. The predicted octanol–water partition coefficient (Wildman–Crippen LogP) is 1.90. The highest BCUT2D eigenvalue weighted by Gasteiger charge is 2.15. The van der Waals surface area contributed by atoms with E-state index in [1.807, 2.05) is 24.5 Å². The fourth-order valence-corrected chi connectivity index (χ4v) is 3.66. The number of amides is 2. The van der Waals surface area contributed by atoms with Crippen LogP contribution in [0.25, 0.3) is 10.9 Å². The van der Waals surface area contributed by atoms with Crippen LogP contribution in [0.1, 0.15) is 6.42 Å². The number of carbonyl (C=O) groups is 2. The Kier molecular flexibility index (Phi) is 6.73. The summed E-state index contributed by atoms with van der Waals surface area (Å²) in [4.78, 5) is 53.5. The van der Waals surface area contributed by atoms with Crippen LogP contribution in [0.3, 0.4) is 0 Å². The van der Waals surface area contributed by atoms with Crippen LogP contribution in [0.15, 0.2) is 63.0 Å². The molecule has 0 bridgehead atoms. The summed E-state index contributed by atoms with van der Waals surface area (Å²) < 4.78 is 1.36. The summed E-state index contributed by atoms with van der Waals surface area (Å²) in [5.41, 5.74) is 0.133. The largest absolute Gasteiger partial charge is 0.336 e. The third kappa shape index (κ3) is 4.80. The second-order valence-electron chi connectivity index (χ2n) is 6.68. The highest BCUT2D eigenvalue weighted by Crippen LogP contribution is 2.24. The van der Waals surface area contributed by atoms with Crippen LogP contribution >= 0.6 is 11.8 Å². The molecular formula is C21H22N4O4S. The van der Waals surface area contributed by atoms with Crippen molar-refractivity contribution in [3.8, 4) is 0 Å². The number of hydrogen-bond donors (Lipinski definition) is 2. The fourth-order valence-electron chi connectivity index (χ4n) is 3.10. The molecule has 1 aromatic heterocycles. The maximum atomic E-state index is 12.5. The molecule has 0 spiro atoms. The highest BCUT2D eigenvalue weighted by molar-refractivity contribution is 7.98. The zero-order valence-electron chi connectivity index (χ0n) is 16.7. The molecule has 2 amide bonds. The van der Waals surface area contributed by atoms with Crippen molar-refractivity contribution in [3.63, 3.8) is 0 Å². The van der Waals surface area contributed by atoms with Gasteiger partial charge in [-0.2, -0.15) is 0 Å². The molecular weight excluding hydrogens is 404 g/mol. The number of thioether (sulfide) groups is 1. The average Bonchev–Trinajstić information content (AvgIpc) is 2.73. The lowest BCUT2D eigenvalue weighted by Crippen LogP contribution is -2.36. The number of hydrogen-bond acceptors (Lipinski definition) is 5. The molecule has 0 radical (unpaired) electrons. The van der Waals surface area contributed by atoms with E-state index >= 15 is 0 Å². The minimum Gasteiger partial charge on any atom is -0.336 e. The summed E-state index contributed by atoms with van der Waals surface area (Å²) in [5, 5.41) is 3.19. The van der Waals surface area contributed by atoms with Crippen molar-refractivity contribution < 1.29 is 9.59 Å². The number of aromatic amines is 1. The number of aromatic nitrogens is 2. The number of likely N-dealkylation sites (N-methyl/N-ethyl adjacent to an activating group) is 1. The fraction of sp³-hybridized carbons (Fsp3) is 0.238. The number of nitrogens with one attached hydrogen (secondary N) is 2. The Bertz CT molecular complexity index is 1200. The van der Waals surface area contributed by atoms with Gasteiger partial charge in [-0.1, -0.05) is 24.3 Å². The monoisotopic (exact) mass is 426 g/mol. The summed E-state index contributed by atoms with van der Waals surface area (Å²) in [5.74, 6) is -0.593. The molecule has 156 valence electrons. The van der Waals surface area contributed by atoms with E-state index in [0.29, 0.717) is 16.6 Å². The van der Waals surface area contributed by atoms with E-state index in [9.17, 15) is 19.2 Å². The van der Waals surface area contributed by atoms with Crippen LogP contribution in [0, 0.1) is 0 Å². The Labute approximate surface area is 176 Å². The lowest BCUT2D eigenvalue weighted by atomic mass is 10.2. The number of carbonyl (C=O) groups excluding carboxylic acids is 2. The number of fused-ring (bicyclic) bond motifs is 1. The van der Waals surface area contributed by atoms with E-state index in [2.05, 4.69) is 10.3 Å². The summed E-state index contributed by atoms with van der Waals surface area (Å²) in [7, 11) is 1.54. The zero-order chi connectivity index (χ0) is 21.7. The van der Waals surface area contributed by atoms with Crippen molar-refractivity contribution in [3.05, 3.63) is 69.4 Å². The van der Waals surface area contributed by atoms with E-state index < -0.39 is 11.2 Å². The molecule has 0 aliphatic carbocycles. The Morgan fingerprint density at radius 2 is 1.80 bits per heavy atom. The van der Waals surface area contributed by atoms with Gasteiger partial charge in [0.2, 0.25) is 11.8 Å². The van der Waals surface area contributed by atoms with Gasteiger partial charge < -0.3 is 10.2 Å². The second kappa shape index (κ2) is 9.45. The first kappa shape index (κ1) is 21.4. The van der Waals surface area contributed by atoms with E-state index in [-0.39, 0.29) is 31.3 Å². The average molecular weight is 426 g/mol. The molecule has 2 aromatic carbocycles. The molecule has 0 atom stereocenters. The van der Waals surface area contributed by atoms with E-state index in [0.717, 1.165) is 4.90 Å². The predicted molar refractivity (Wildman–Crippen MR) is 118 cm³/mol. The van der Waals surface area contributed by atoms with E-state index in [1.54, 1.807) is 30.3 Å². The summed E-state index contributed by atoms with van der Waals surface area (Å²) in [6.07, 6.45) is 1.93. The van der Waals surface area contributed by atoms with Gasteiger partial charge in [0.25, 0.3) is 5.56 Å². The Hall–Kier alpha value is -3.33. The maximum absolute atomic E-state index is 12.5. The van der Waals surface area contributed by atoms with Crippen molar-refractivity contribution in [1.29, 1.82) is 0 Å². The van der Waals surface area contributed by atoms with Crippen LogP contribution < -0.4 is 16.6 Å². The van der Waals surface area contributed by atoms with Crippen LogP contribution in [-0.4, -0.2) is 46.1 Å². The second-order valence-corrected chi connectivity index (χ2v) is 7.52. The smallest absolute Gasteiger partial charge is 0.328 e. The quantitative estimate of drug-likeness (QED) is 0.562. The minimum atomic E-state index is -0.569. The molecule has 8 nitrogen and oxygen atoms in total. The number of rotatable bonds is 7. The van der Waals surface area contributed by atoms with Gasteiger partial charge in [0.05, 0.1) is 23.1 Å². The van der Waals surface area contributed by atoms with Crippen molar-refractivity contribution in [1.82, 2.24) is 14.5 Å². The molecule has 0 unspecified atom stereocenters. The molecule has 0 saturated heterocycles. The number of aryl methyl sites for hydroxylation is 1. The highest BCUT2D eigenvalue weighted by atomic mass is 32.2. The summed E-state index contributed by atoms with van der Waals surface area (Å²) in [6.45, 7) is -0.0148. The molecule has 3 rings (SSSR count). The van der Waals surface area contributed by atoms with Gasteiger partial charge in [-0.3, -0.25) is 23.9 Å². The number of anilines is 1. The summed E-state index contributed by atoms with van der Waals surface area (Å²) in [6, 6.07) is 14.1. The Balaban J connectivity index is 1.64. The number of H-pyrrole nitrogens is 1. The van der Waals surface area contributed by atoms with Gasteiger partial charge in [-0.15, -0.1) is 11.8 Å². The SMILES string of the molecule is CSc1ccccc1NC(=O)CN(C)C(=O)CCn1c(=O)[nH]c(=O)c2ccccc21. The van der Waals surface area contributed by atoms with Crippen LogP contribution in [-0.2, 0) is 16.1 Å². The Morgan fingerprint density at radius 3 is 2.57 bits per heavy atom. The number of para-hydroxylation sites is 2. The van der Waals surface area contributed by atoms with Crippen LogP contribution in [0.5, 0.6) is 0 Å². The number of nitrogens with zero attached hydrogens (tertiary/aromatic N) is 2. The van der Waals surface area contributed by atoms with Gasteiger partial charge in [0, 0.05) is 24.9 Å². The first-order valence-corrected chi connectivity index (χ1v) is 10.5. The van der Waals surface area contributed by atoms with E-state index in [4.69, 9.17) is 0 Å². The molecule has 0 fully saturated rings. The normalized spacial score (nSPS) is 10.7. The molecule has 0 saturated carbocycles. The van der Waals surface area contributed by atoms with Gasteiger partial charge in [-0.25, -0.2) is 4.79 Å². The first-order chi connectivity index (χ1) is 14.4. The van der Waals surface area contributed by atoms with E-state index in [1.165, 1.54) is 28.3 Å². The van der Waals surface area contributed by atoms with Gasteiger partial charge in [0.1, 0.15) is 0 Å². The van der Waals surface area contributed by atoms with Crippen molar-refractivity contribution in [2.45, 2.75) is 17.9 Å². The minimum absolute atomic E-state index is 0.0150. The standard InChI is InChI=1S/C21H22N4O4S/c1-24(13-18(26)22-15-8-4-6-10-17(15)30-2)19(27)11-12-25-16-9-5-3-7-14(16)20(28)23-21(25)29/h3-10H,11-13H2,1-2H3,(H,22,26)(H,23,28,29). The lowest BCUT2D eigenvalue weighted by Gasteiger charge is -2.18. The first-order valence-electron chi connectivity index (χ1n) is 9.29. The third-order valence-electron chi connectivity index (χ3n) is 4.64. The molecule has 1 heterocycles. The van der Waals surface area contributed by atoms with Gasteiger partial charge >= 0.3 is 5.69 Å². The van der Waals surface area contributed by atoms with Crippen molar-refractivity contribution in [2.75, 3.05) is 25.2 Å². The zero-order valence-corrected chi connectivity index (χ0v) is 17.5.